The lowest BCUT2D eigenvalue weighted by molar-refractivity contribution is -0.137. The lowest BCUT2D eigenvalue weighted by Crippen LogP contribution is -2.30. The smallest absolute Gasteiger partial charge is 0.351 e. The van der Waals surface area contributed by atoms with Gasteiger partial charge in [-0.15, -0.1) is 0 Å². The molecular weight excluding hydrogens is 481 g/mol. The minimum atomic E-state index is -4.43. The number of nitrogens with zero attached hydrogens (tertiary/aromatic N) is 3. The molecule has 184 valence electrons. The van der Waals surface area contributed by atoms with Crippen molar-refractivity contribution in [3.05, 3.63) is 114 Å². The third-order valence-corrected chi connectivity index (χ3v) is 6.79. The first-order valence-corrected chi connectivity index (χ1v) is 12.1. The van der Waals surface area contributed by atoms with Crippen molar-refractivity contribution in [3.63, 3.8) is 0 Å². The van der Waals surface area contributed by atoms with E-state index in [0.29, 0.717) is 16.7 Å². The molecule has 2 aromatic heterocycles. The van der Waals surface area contributed by atoms with E-state index >= 15 is 0 Å². The molecular formula is C28H25F3N4S. The van der Waals surface area contributed by atoms with Crippen LogP contribution < -0.4 is 10.2 Å². The van der Waals surface area contributed by atoms with Gasteiger partial charge in [0.05, 0.1) is 17.3 Å². The van der Waals surface area contributed by atoms with E-state index in [4.69, 9.17) is 12.2 Å². The standard InChI is InChI=1S/C28H25F3N4S/c1-18(2)19-11-13-21(14-12-19)35-26(25(33-27(35)36)23-9-3-4-15-32-23)24-10-6-16-34(24)22-8-5-7-20(17-22)28(29,30)31/h3-18,25-26H,1-2H3,(H,33,36)/t25-,26-/m1/s1. The Balaban J connectivity index is 1.64. The summed E-state index contributed by atoms with van der Waals surface area (Å²) in [4.78, 5) is 6.59. The second kappa shape index (κ2) is 9.43. The summed E-state index contributed by atoms with van der Waals surface area (Å²) in [6, 6.07) is 22.4. The molecule has 1 N–H and O–H groups in total. The lowest BCUT2D eigenvalue weighted by Gasteiger charge is -2.29. The molecule has 0 unspecified atom stereocenters. The summed E-state index contributed by atoms with van der Waals surface area (Å²) in [5.41, 5.74) is 3.44. The van der Waals surface area contributed by atoms with Gasteiger partial charge in [0.2, 0.25) is 0 Å². The van der Waals surface area contributed by atoms with Crippen LogP contribution >= 0.6 is 12.2 Å². The molecule has 0 spiro atoms. The van der Waals surface area contributed by atoms with Crippen molar-refractivity contribution in [2.75, 3.05) is 4.90 Å². The Morgan fingerprint density at radius 1 is 0.917 bits per heavy atom. The van der Waals surface area contributed by atoms with Crippen LogP contribution in [-0.4, -0.2) is 14.7 Å². The van der Waals surface area contributed by atoms with Crippen LogP contribution in [0.2, 0.25) is 0 Å². The molecule has 4 aromatic rings. The highest BCUT2D eigenvalue weighted by Gasteiger charge is 2.42. The third kappa shape index (κ3) is 4.48. The summed E-state index contributed by atoms with van der Waals surface area (Å²) in [5, 5.41) is 3.94. The van der Waals surface area contributed by atoms with Crippen molar-refractivity contribution < 1.29 is 13.2 Å². The number of pyridine rings is 1. The van der Waals surface area contributed by atoms with E-state index in [2.05, 4.69) is 36.3 Å². The van der Waals surface area contributed by atoms with Gasteiger partial charge in [-0.05, 0) is 78.3 Å². The Kier molecular flexibility index (Phi) is 6.30. The van der Waals surface area contributed by atoms with Crippen molar-refractivity contribution in [2.45, 2.75) is 38.0 Å². The van der Waals surface area contributed by atoms with Crippen LogP contribution in [0.25, 0.3) is 5.69 Å². The van der Waals surface area contributed by atoms with Gasteiger partial charge in [0.1, 0.15) is 6.04 Å². The number of benzene rings is 2. The molecule has 0 radical (unpaired) electrons. The highest BCUT2D eigenvalue weighted by molar-refractivity contribution is 7.80. The van der Waals surface area contributed by atoms with Crippen molar-refractivity contribution in [1.29, 1.82) is 0 Å². The molecule has 0 bridgehead atoms. The molecule has 1 aliphatic heterocycles. The Labute approximate surface area is 213 Å². The minimum absolute atomic E-state index is 0.303. The Hall–Kier alpha value is -3.65. The lowest BCUT2D eigenvalue weighted by atomic mass is 9.99. The van der Waals surface area contributed by atoms with E-state index in [9.17, 15) is 13.2 Å². The van der Waals surface area contributed by atoms with Gasteiger partial charge in [-0.25, -0.2) is 0 Å². The van der Waals surface area contributed by atoms with Crippen LogP contribution in [-0.2, 0) is 6.18 Å². The summed E-state index contributed by atoms with van der Waals surface area (Å²) >= 11 is 5.79. The maximum atomic E-state index is 13.5. The van der Waals surface area contributed by atoms with E-state index in [-0.39, 0.29) is 12.1 Å². The van der Waals surface area contributed by atoms with Crippen LogP contribution in [0.5, 0.6) is 0 Å². The molecule has 1 saturated heterocycles. The molecule has 36 heavy (non-hydrogen) atoms. The summed E-state index contributed by atoms with van der Waals surface area (Å²) < 4.78 is 42.2. The zero-order valence-corrected chi connectivity index (χ0v) is 20.6. The predicted molar refractivity (Wildman–Crippen MR) is 139 cm³/mol. The summed E-state index contributed by atoms with van der Waals surface area (Å²) in [7, 11) is 0. The van der Waals surface area contributed by atoms with Crippen LogP contribution in [0.1, 0.15) is 54.4 Å². The Bertz CT molecular complexity index is 1360. The van der Waals surface area contributed by atoms with Gasteiger partial charge in [0, 0.05) is 29.5 Å². The van der Waals surface area contributed by atoms with Gasteiger partial charge >= 0.3 is 6.18 Å². The first-order valence-electron chi connectivity index (χ1n) is 11.7. The number of anilines is 1. The number of thiocarbonyl (C=S) groups is 1. The average molecular weight is 507 g/mol. The van der Waals surface area contributed by atoms with Gasteiger partial charge in [-0.2, -0.15) is 13.2 Å². The van der Waals surface area contributed by atoms with Gasteiger partial charge in [-0.3, -0.25) is 4.98 Å². The van der Waals surface area contributed by atoms with Crippen LogP contribution in [0.4, 0.5) is 18.9 Å². The fourth-order valence-corrected chi connectivity index (χ4v) is 5.00. The normalized spacial score (nSPS) is 18.1. The van der Waals surface area contributed by atoms with Crippen LogP contribution in [0.3, 0.4) is 0 Å². The molecule has 0 aliphatic carbocycles. The monoisotopic (exact) mass is 506 g/mol. The highest BCUT2D eigenvalue weighted by atomic mass is 32.1. The van der Waals surface area contributed by atoms with Crippen molar-refractivity contribution in [3.8, 4) is 5.69 Å². The summed E-state index contributed by atoms with van der Waals surface area (Å²) in [5.74, 6) is 0.387. The molecule has 5 rings (SSSR count). The fourth-order valence-electron chi connectivity index (χ4n) is 4.66. The number of aromatic nitrogens is 2. The maximum absolute atomic E-state index is 13.5. The largest absolute Gasteiger partial charge is 0.416 e. The van der Waals surface area contributed by atoms with E-state index in [1.807, 2.05) is 47.4 Å². The van der Waals surface area contributed by atoms with E-state index in [1.165, 1.54) is 17.7 Å². The minimum Gasteiger partial charge on any atom is -0.351 e. The van der Waals surface area contributed by atoms with Gasteiger partial charge < -0.3 is 14.8 Å². The molecule has 2 atom stereocenters. The number of nitrogens with one attached hydrogen (secondary N) is 1. The predicted octanol–water partition coefficient (Wildman–Crippen LogP) is 7.19. The van der Waals surface area contributed by atoms with Gasteiger partial charge in [0.15, 0.2) is 5.11 Å². The van der Waals surface area contributed by atoms with Crippen molar-refractivity contribution in [1.82, 2.24) is 14.9 Å². The zero-order valence-electron chi connectivity index (χ0n) is 19.8. The molecule has 3 heterocycles. The Morgan fingerprint density at radius 3 is 2.36 bits per heavy atom. The molecule has 0 saturated carbocycles. The quantitative estimate of drug-likeness (QED) is 0.291. The van der Waals surface area contributed by atoms with Crippen LogP contribution in [0, 0.1) is 0 Å². The van der Waals surface area contributed by atoms with Crippen molar-refractivity contribution >= 4 is 23.0 Å². The van der Waals surface area contributed by atoms with Gasteiger partial charge in [0.25, 0.3) is 0 Å². The molecule has 4 nitrogen and oxygen atoms in total. The van der Waals surface area contributed by atoms with Crippen molar-refractivity contribution in [2.24, 2.45) is 0 Å². The van der Waals surface area contributed by atoms with E-state index in [0.717, 1.165) is 23.1 Å². The number of alkyl halides is 3. The first-order chi connectivity index (χ1) is 17.2. The second-order valence-corrected chi connectivity index (χ2v) is 9.48. The first kappa shape index (κ1) is 24.1. The molecule has 0 amide bonds. The fraction of sp³-hybridized carbons (Fsp3) is 0.214. The molecule has 1 fully saturated rings. The summed E-state index contributed by atoms with van der Waals surface area (Å²) in [6.07, 6.45) is -0.925. The molecule has 8 heteroatoms. The second-order valence-electron chi connectivity index (χ2n) is 9.09. The summed E-state index contributed by atoms with van der Waals surface area (Å²) in [6.45, 7) is 4.28. The Morgan fingerprint density at radius 2 is 1.69 bits per heavy atom. The molecule has 1 aliphatic rings. The van der Waals surface area contributed by atoms with Crippen LogP contribution in [0.15, 0.2) is 91.3 Å². The highest BCUT2D eigenvalue weighted by Crippen LogP contribution is 2.42. The number of rotatable bonds is 5. The molecule has 2 aromatic carbocycles. The number of hydrogen-bond donors (Lipinski definition) is 1. The zero-order chi connectivity index (χ0) is 25.4. The SMILES string of the molecule is CC(C)c1ccc(N2C(=S)N[C@H](c3ccccn3)[C@H]2c2cccn2-c2cccc(C(F)(F)F)c2)cc1. The number of halogens is 3. The average Bonchev–Trinajstić information content (AvgIpc) is 3.48. The van der Waals surface area contributed by atoms with E-state index < -0.39 is 11.7 Å². The number of hydrogen-bond acceptors (Lipinski definition) is 2. The third-order valence-electron chi connectivity index (χ3n) is 6.47. The van der Waals surface area contributed by atoms with E-state index in [1.54, 1.807) is 23.0 Å². The van der Waals surface area contributed by atoms with Gasteiger partial charge in [-0.1, -0.05) is 38.1 Å². The maximum Gasteiger partial charge on any atom is 0.416 e. The topological polar surface area (TPSA) is 33.1 Å².